The van der Waals surface area contributed by atoms with Crippen LogP contribution in [0.5, 0.6) is 5.75 Å². The van der Waals surface area contributed by atoms with Crippen molar-refractivity contribution in [2.24, 2.45) is 28.2 Å². The van der Waals surface area contributed by atoms with E-state index in [4.69, 9.17) is 14.5 Å². The second kappa shape index (κ2) is 20.2. The van der Waals surface area contributed by atoms with Crippen LogP contribution in [0.2, 0.25) is 0 Å². The van der Waals surface area contributed by atoms with Gasteiger partial charge in [-0.1, -0.05) is 66.7 Å². The Kier molecular flexibility index (Phi) is 16.8. The van der Waals surface area contributed by atoms with Gasteiger partial charge in [0.1, 0.15) is 36.0 Å². The first-order valence-electron chi connectivity index (χ1n) is 20.0. The van der Waals surface area contributed by atoms with Gasteiger partial charge in [-0.3, -0.25) is 24.2 Å². The molecule has 1 aromatic carbocycles. The minimum absolute atomic E-state index is 0.0177. The highest BCUT2D eigenvalue weighted by Crippen LogP contribution is 2.33. The lowest BCUT2D eigenvalue weighted by atomic mass is 9.81. The molecule has 2 aliphatic heterocycles. The lowest BCUT2D eigenvalue weighted by Gasteiger charge is -2.38. The molecule has 13 nitrogen and oxygen atoms in total. The third kappa shape index (κ3) is 12.3. The van der Waals surface area contributed by atoms with Crippen molar-refractivity contribution in [2.45, 2.75) is 131 Å². The quantitative estimate of drug-likeness (QED) is 0.410. The van der Waals surface area contributed by atoms with Gasteiger partial charge in [0.05, 0.1) is 24.3 Å². The first-order chi connectivity index (χ1) is 26.5. The van der Waals surface area contributed by atoms with Crippen molar-refractivity contribution in [3.05, 3.63) is 41.5 Å². The second-order valence-electron chi connectivity index (χ2n) is 17.4. The van der Waals surface area contributed by atoms with E-state index in [1.54, 1.807) is 57.9 Å². The summed E-state index contributed by atoms with van der Waals surface area (Å²) in [4.78, 5) is 78.8. The number of hydrogen-bond donors (Lipinski definition) is 2. The predicted molar refractivity (Wildman–Crippen MR) is 225 cm³/mol. The number of esters is 1. The molecule has 0 fully saturated rings. The molecule has 0 saturated carbocycles. The first-order valence-corrected chi connectivity index (χ1v) is 21.0. The van der Waals surface area contributed by atoms with E-state index < -0.39 is 71.4 Å². The van der Waals surface area contributed by atoms with E-state index in [0.717, 1.165) is 10.6 Å². The van der Waals surface area contributed by atoms with Crippen LogP contribution in [0.4, 0.5) is 0 Å². The molecule has 4 amide bonds. The fourth-order valence-corrected chi connectivity index (χ4v) is 8.27. The average Bonchev–Trinajstić information content (AvgIpc) is 3.62. The van der Waals surface area contributed by atoms with Crippen molar-refractivity contribution in [1.29, 1.82) is 0 Å². The molecule has 14 heteroatoms. The Labute approximate surface area is 344 Å². The van der Waals surface area contributed by atoms with Crippen LogP contribution in [0.15, 0.2) is 40.9 Å². The highest BCUT2D eigenvalue weighted by atomic mass is 32.2. The molecule has 2 heterocycles. The highest BCUT2D eigenvalue weighted by molar-refractivity contribution is 8.14. The van der Waals surface area contributed by atoms with Gasteiger partial charge in [-0.05, 0) is 68.6 Å². The van der Waals surface area contributed by atoms with E-state index >= 15 is 0 Å². The number of hydrogen-bond acceptors (Lipinski definition) is 10. The predicted octanol–water partition coefficient (Wildman–Crippen LogP) is 4.74. The monoisotopic (exact) mass is 813 g/mol. The average molecular weight is 814 g/mol. The number of ether oxygens (including phenoxy) is 2. The number of fused-ring (bicyclic) bond motifs is 1. The Balaban J connectivity index is 2.06. The van der Waals surface area contributed by atoms with E-state index in [0.29, 0.717) is 29.9 Å². The molecule has 3 rings (SSSR count). The summed E-state index contributed by atoms with van der Waals surface area (Å²) in [5, 5.41) is 15.1. The van der Waals surface area contributed by atoms with Gasteiger partial charge in [0.2, 0.25) is 23.6 Å². The lowest BCUT2D eigenvalue weighted by Crippen LogP contribution is -2.59. The zero-order chi connectivity index (χ0) is 43.1. The van der Waals surface area contributed by atoms with Crippen molar-refractivity contribution in [3.63, 3.8) is 0 Å². The van der Waals surface area contributed by atoms with Crippen LogP contribution in [0.3, 0.4) is 0 Å². The van der Waals surface area contributed by atoms with Crippen molar-refractivity contribution in [1.82, 2.24) is 20.0 Å². The van der Waals surface area contributed by atoms with Gasteiger partial charge in [0, 0.05) is 44.8 Å². The molecule has 2 bridgehead atoms. The molecule has 9 atom stereocenters. The van der Waals surface area contributed by atoms with E-state index in [1.807, 2.05) is 60.6 Å². The van der Waals surface area contributed by atoms with Crippen LogP contribution >= 0.6 is 11.8 Å². The van der Waals surface area contributed by atoms with E-state index in [-0.39, 0.29) is 30.2 Å². The minimum Gasteiger partial charge on any atom is -0.497 e. The molecule has 318 valence electrons. The van der Waals surface area contributed by atoms with Gasteiger partial charge < -0.3 is 34.6 Å². The van der Waals surface area contributed by atoms with Crippen molar-refractivity contribution in [2.75, 3.05) is 34.0 Å². The lowest BCUT2D eigenvalue weighted by molar-refractivity contribution is -0.166. The number of aliphatic hydroxyl groups is 1. The third-order valence-electron chi connectivity index (χ3n) is 11.4. The number of carbonyl (C=O) groups excluding carboxylic acids is 5. The fourth-order valence-electron chi connectivity index (χ4n) is 7.13. The largest absolute Gasteiger partial charge is 0.497 e. The molecule has 0 aromatic heterocycles. The van der Waals surface area contributed by atoms with Crippen LogP contribution in [-0.2, 0) is 35.1 Å². The van der Waals surface area contributed by atoms with Crippen molar-refractivity contribution < 1.29 is 38.6 Å². The Hall–Kier alpha value is -3.91. The topological polar surface area (TPSA) is 158 Å². The summed E-state index contributed by atoms with van der Waals surface area (Å²) in [5.41, 5.74) is 0.723. The van der Waals surface area contributed by atoms with Crippen molar-refractivity contribution >= 4 is 46.4 Å². The van der Waals surface area contributed by atoms with E-state index in [1.165, 1.54) is 35.8 Å². The van der Waals surface area contributed by atoms with Crippen LogP contribution in [0.1, 0.15) is 87.6 Å². The molecule has 0 aliphatic carbocycles. The number of amides is 4. The van der Waals surface area contributed by atoms with Gasteiger partial charge in [0.15, 0.2) is 0 Å². The van der Waals surface area contributed by atoms with Gasteiger partial charge in [0.25, 0.3) is 0 Å². The number of cyclic esters (lactones) is 1. The molecule has 0 radical (unpaired) electrons. The number of thioether (sulfide) groups is 1. The number of benzene rings is 1. The maximum Gasteiger partial charge on any atom is 0.328 e. The molecule has 0 unspecified atom stereocenters. The summed E-state index contributed by atoms with van der Waals surface area (Å²) in [7, 11) is 6.11. The number of carbonyl (C=O) groups is 5. The number of methoxy groups -OCH3 is 1. The van der Waals surface area contributed by atoms with Gasteiger partial charge >= 0.3 is 5.97 Å². The molecule has 0 spiro atoms. The fraction of sp³-hybridized carbons (Fsp3) is 0.674. The Bertz CT molecular complexity index is 1660. The summed E-state index contributed by atoms with van der Waals surface area (Å²) < 4.78 is 11.4. The summed E-state index contributed by atoms with van der Waals surface area (Å²) in [6, 6.07) is 2.90. The van der Waals surface area contributed by atoms with Gasteiger partial charge in [-0.15, -0.1) is 11.8 Å². The molecule has 1 aromatic rings. The van der Waals surface area contributed by atoms with Crippen molar-refractivity contribution in [3.8, 4) is 5.75 Å². The highest BCUT2D eigenvalue weighted by Gasteiger charge is 2.40. The molecule has 0 saturated heterocycles. The molecule has 2 N–H and O–H groups in total. The maximum atomic E-state index is 14.3. The maximum absolute atomic E-state index is 14.3. The summed E-state index contributed by atoms with van der Waals surface area (Å²) in [5.74, 6) is -1.81. The van der Waals surface area contributed by atoms with Crippen LogP contribution in [0.25, 0.3) is 0 Å². The van der Waals surface area contributed by atoms with Crippen LogP contribution < -0.4 is 10.1 Å². The Morgan fingerprint density at radius 3 is 2.07 bits per heavy atom. The standard InChI is InChI=1S/C43H67N5O8S/c1-24(2)36-41(53)47(12)29(7)42(54)56-35(43(8,9)10)20-25(3)19-34(49)27(5)38-44-31(23-57-38)21-26(4)37(50)45-33(22-30-15-17-32(55-14)18-16-30)40(52)46(11)28(6)39(51)48(36)13/h15-18,21,24-25,27-29,31,33-36,49H,19-20,22-23H2,1-14H3,(H,45,50)/b26-21-/t25-,27-,28-,29-,31-,33-,34-,35-,36-/m0/s1. The summed E-state index contributed by atoms with van der Waals surface area (Å²) in [6.45, 7) is 18.5. The molecular weight excluding hydrogens is 747 g/mol. The van der Waals surface area contributed by atoms with Gasteiger partial charge in [-0.25, -0.2) is 4.79 Å². The molecule has 57 heavy (non-hydrogen) atoms. The number of nitrogens with zero attached hydrogens (tertiary/aromatic N) is 4. The molecular formula is C43H67N5O8S. The van der Waals surface area contributed by atoms with Crippen LogP contribution in [0, 0.1) is 23.2 Å². The summed E-state index contributed by atoms with van der Waals surface area (Å²) >= 11 is 1.55. The smallest absolute Gasteiger partial charge is 0.328 e. The normalized spacial score (nSPS) is 30.9. The zero-order valence-electron chi connectivity index (χ0n) is 36.5. The second-order valence-corrected chi connectivity index (χ2v) is 18.4. The number of nitrogens with one attached hydrogen (secondary N) is 1. The zero-order valence-corrected chi connectivity index (χ0v) is 37.3. The summed E-state index contributed by atoms with van der Waals surface area (Å²) in [6.07, 6.45) is 1.66. The minimum atomic E-state index is -1.04. The van der Waals surface area contributed by atoms with E-state index in [9.17, 15) is 29.1 Å². The Morgan fingerprint density at radius 2 is 1.51 bits per heavy atom. The number of aliphatic imine (C=N–C) groups is 1. The van der Waals surface area contributed by atoms with Crippen LogP contribution in [-0.4, -0.2) is 131 Å². The number of aliphatic hydroxyl groups excluding tert-OH is 1. The first kappa shape index (κ1) is 47.5. The molecule has 2 aliphatic rings. The number of rotatable bonds is 4. The third-order valence-corrected chi connectivity index (χ3v) is 12.6. The number of likely N-dealkylation sites (N-methyl/N-ethyl adjacent to an activating group) is 3. The SMILES string of the molecule is COc1ccc(C[C@@H]2NC(=O)/C(C)=C\[C@H]3CSC(=N3)[C@@H](C)[C@@H](O)C[C@H](C)C[C@@H](C(C)(C)C)OC(=O)[C@H](C)N(C)C(=O)[C@H](C(C)C)N(C)C(=O)[C@H](C)N(C)C2=O)cc1. The Morgan fingerprint density at radius 1 is 0.912 bits per heavy atom. The van der Waals surface area contributed by atoms with Gasteiger partial charge in [-0.2, -0.15) is 0 Å². The van der Waals surface area contributed by atoms with E-state index in [2.05, 4.69) is 5.32 Å².